The number of nitrogens with one attached hydrogen (secondary N) is 7. The van der Waals surface area contributed by atoms with Gasteiger partial charge in [-0.1, -0.05) is 71.1 Å². The van der Waals surface area contributed by atoms with Crippen LogP contribution < -0.4 is 43.1 Å². The standard InChI is InChI=1S/C47H64IN9O16/c48-27-37(58)50-17-7-5-13-35(44(49)64)55-45(65)36(14-6-8-18-51-39(60)30-72-56-46(66)43-33-11-3-1-9-31(33)32-10-2-4-12-34(32)43)54-40(61)29-71-26-24-68-21-19-52-38(59)28-70-25-23-69-22-20-53-47(67)73-57-41(62)15-16-42(57)63/h1-4,9-12,35-36,43H,5-8,13-30H2,(H2,49,64)(H,50,58)(H,51,60)(H,52,59)(H,53,67)(H,54,61)(H,55,65)(H,56,66)/t35-,36-/m0/s1. The molecular weight excluding hydrogens is 1070 g/mol. The smallest absolute Gasteiger partial charge is 0.377 e. The van der Waals surface area contributed by atoms with Crippen LogP contribution in [0.2, 0.25) is 0 Å². The van der Waals surface area contributed by atoms with Gasteiger partial charge in [-0.2, -0.15) is 0 Å². The van der Waals surface area contributed by atoms with E-state index in [2.05, 4.69) is 42.2 Å². The maximum Gasteiger partial charge on any atom is 0.432 e. The number of hydrogen-bond acceptors (Lipinski definition) is 16. The molecule has 0 bridgehead atoms. The first kappa shape index (κ1) is 59.2. The van der Waals surface area contributed by atoms with Gasteiger partial charge in [-0.05, 0) is 60.8 Å². The molecule has 73 heavy (non-hydrogen) atoms. The molecule has 0 spiro atoms. The summed E-state index contributed by atoms with van der Waals surface area (Å²) >= 11 is 1.94. The average molecular weight is 1140 g/mol. The van der Waals surface area contributed by atoms with E-state index in [1.807, 2.05) is 71.1 Å². The number of benzene rings is 2. The van der Waals surface area contributed by atoms with Crippen molar-refractivity contribution in [3.05, 3.63) is 59.7 Å². The van der Waals surface area contributed by atoms with Gasteiger partial charge >= 0.3 is 6.09 Å². The van der Waals surface area contributed by atoms with Gasteiger partial charge in [0.1, 0.15) is 25.3 Å². The lowest BCUT2D eigenvalue weighted by Gasteiger charge is -2.22. The SMILES string of the molecule is NC(=O)[C@H](CCCCNC(=O)CI)NC(=O)[C@H](CCCCNC(=O)CONC(=O)C1c2ccccc2-c2ccccc21)NC(=O)COCCOCCNC(=O)COCCOCCNC(=O)ON1C(=O)CCC1=O. The molecule has 2 aromatic rings. The van der Waals surface area contributed by atoms with Crippen molar-refractivity contribution in [1.29, 1.82) is 0 Å². The Morgan fingerprint density at radius 1 is 0.589 bits per heavy atom. The molecule has 2 aliphatic rings. The molecule has 2 aromatic carbocycles. The number of unbranched alkanes of at least 4 members (excludes halogenated alkanes) is 2. The molecule has 26 heteroatoms. The molecule has 4 rings (SSSR count). The molecule has 2 atom stereocenters. The van der Waals surface area contributed by atoms with Gasteiger partial charge in [-0.3, -0.25) is 48.0 Å². The maximum absolute atomic E-state index is 13.5. The summed E-state index contributed by atoms with van der Waals surface area (Å²) in [4.78, 5) is 133. The van der Waals surface area contributed by atoms with Crippen LogP contribution in [-0.2, 0) is 71.8 Å². The normalized spacial score (nSPS) is 13.5. The van der Waals surface area contributed by atoms with Gasteiger partial charge in [0.25, 0.3) is 17.7 Å². The largest absolute Gasteiger partial charge is 0.432 e. The zero-order chi connectivity index (χ0) is 52.8. The third-order valence-corrected chi connectivity index (χ3v) is 11.6. The van der Waals surface area contributed by atoms with Crippen molar-refractivity contribution in [2.24, 2.45) is 5.73 Å². The summed E-state index contributed by atoms with van der Waals surface area (Å²) in [6, 6.07) is 13.1. The highest BCUT2D eigenvalue weighted by Crippen LogP contribution is 2.44. The van der Waals surface area contributed by atoms with Crippen molar-refractivity contribution >= 4 is 81.8 Å². The van der Waals surface area contributed by atoms with E-state index in [4.69, 9.17) is 29.5 Å². The van der Waals surface area contributed by atoms with Gasteiger partial charge in [0, 0.05) is 39.0 Å². The summed E-state index contributed by atoms with van der Waals surface area (Å²) < 4.78 is 21.7. The fraction of sp³-hybridized carbons (Fsp3) is 0.532. The summed E-state index contributed by atoms with van der Waals surface area (Å²) in [6.45, 7) is 0.189. The van der Waals surface area contributed by atoms with Gasteiger partial charge in [0.05, 0.1) is 50.0 Å². The number of nitrogens with two attached hydrogens (primary N) is 1. The molecule has 400 valence electrons. The molecule has 9 N–H and O–H groups in total. The van der Waals surface area contributed by atoms with E-state index < -0.39 is 84.6 Å². The van der Waals surface area contributed by atoms with Crippen molar-refractivity contribution in [2.75, 3.05) is 90.1 Å². The number of amides is 10. The minimum Gasteiger partial charge on any atom is -0.377 e. The Morgan fingerprint density at radius 3 is 1.68 bits per heavy atom. The van der Waals surface area contributed by atoms with Gasteiger partial charge in [0.15, 0.2) is 6.61 Å². The van der Waals surface area contributed by atoms with Gasteiger partial charge in [-0.25, -0.2) is 10.3 Å². The lowest BCUT2D eigenvalue weighted by molar-refractivity contribution is -0.171. The van der Waals surface area contributed by atoms with Crippen LogP contribution >= 0.6 is 22.6 Å². The molecule has 0 radical (unpaired) electrons. The van der Waals surface area contributed by atoms with E-state index in [0.717, 1.165) is 22.3 Å². The Kier molecular flexibility index (Phi) is 27.1. The summed E-state index contributed by atoms with van der Waals surface area (Å²) in [5.74, 6) is -5.24. The molecule has 0 unspecified atom stereocenters. The predicted octanol–water partition coefficient (Wildman–Crippen LogP) is -0.718. The lowest BCUT2D eigenvalue weighted by atomic mass is 9.96. The predicted molar refractivity (Wildman–Crippen MR) is 265 cm³/mol. The van der Waals surface area contributed by atoms with Crippen molar-refractivity contribution < 1.29 is 76.6 Å². The number of fused-ring (bicyclic) bond motifs is 3. The molecule has 25 nitrogen and oxygen atoms in total. The van der Waals surface area contributed by atoms with Crippen LogP contribution in [0.5, 0.6) is 0 Å². The van der Waals surface area contributed by atoms with E-state index in [0.29, 0.717) is 41.7 Å². The highest BCUT2D eigenvalue weighted by atomic mass is 127. The zero-order valence-electron chi connectivity index (χ0n) is 40.3. The summed E-state index contributed by atoms with van der Waals surface area (Å²) in [5.41, 5.74) is 11.6. The second-order valence-electron chi connectivity index (χ2n) is 16.3. The van der Waals surface area contributed by atoms with E-state index in [-0.39, 0.29) is 97.5 Å². The lowest BCUT2D eigenvalue weighted by Crippen LogP contribution is -2.53. The minimum atomic E-state index is -1.10. The van der Waals surface area contributed by atoms with Gasteiger partial charge < -0.3 is 61.4 Å². The molecule has 0 saturated carbocycles. The fourth-order valence-electron chi connectivity index (χ4n) is 7.31. The summed E-state index contributed by atoms with van der Waals surface area (Å²) in [5, 5.41) is 16.1. The number of carbonyl (C=O) groups excluding carboxylic acids is 10. The molecule has 10 amide bonds. The molecule has 1 aliphatic carbocycles. The highest BCUT2D eigenvalue weighted by Gasteiger charge is 2.34. The van der Waals surface area contributed by atoms with Crippen LogP contribution in [0.3, 0.4) is 0 Å². The number of ether oxygens (including phenoxy) is 4. The Bertz CT molecular complexity index is 2140. The molecule has 0 aromatic heterocycles. The number of imide groups is 1. The number of nitrogens with zero attached hydrogens (tertiary/aromatic N) is 1. The van der Waals surface area contributed by atoms with Gasteiger partial charge in [0.2, 0.25) is 35.4 Å². The fourth-order valence-corrected chi connectivity index (χ4v) is 7.58. The number of carbonyl (C=O) groups is 10. The first-order valence-corrected chi connectivity index (χ1v) is 25.3. The molecule has 1 aliphatic heterocycles. The number of rotatable bonds is 36. The van der Waals surface area contributed by atoms with Crippen LogP contribution in [0, 0.1) is 0 Å². The highest BCUT2D eigenvalue weighted by molar-refractivity contribution is 14.1. The second-order valence-corrected chi connectivity index (χ2v) is 17.1. The summed E-state index contributed by atoms with van der Waals surface area (Å²) in [6.07, 6.45) is 1.09. The third kappa shape index (κ3) is 21.7. The van der Waals surface area contributed by atoms with Crippen LogP contribution in [0.4, 0.5) is 4.79 Å². The number of primary amides is 1. The van der Waals surface area contributed by atoms with Crippen molar-refractivity contribution in [3.8, 4) is 11.1 Å². The second kappa shape index (κ2) is 33.4. The third-order valence-electron chi connectivity index (χ3n) is 10.9. The minimum absolute atomic E-state index is 0.00741. The molecular formula is C47H64IN9O16. The number of hydrogen-bond donors (Lipinski definition) is 8. The molecule has 1 fully saturated rings. The summed E-state index contributed by atoms with van der Waals surface area (Å²) in [7, 11) is 0. The van der Waals surface area contributed by atoms with E-state index in [9.17, 15) is 47.9 Å². The Balaban J connectivity index is 1.08. The quantitative estimate of drug-likeness (QED) is 0.0137. The molecule has 1 saturated heterocycles. The number of hydroxylamine groups is 3. The zero-order valence-corrected chi connectivity index (χ0v) is 42.5. The van der Waals surface area contributed by atoms with Crippen molar-refractivity contribution in [1.82, 2.24) is 42.4 Å². The van der Waals surface area contributed by atoms with E-state index in [1.165, 1.54) is 0 Å². The number of alkyl halides is 1. The van der Waals surface area contributed by atoms with Crippen LogP contribution in [0.25, 0.3) is 11.1 Å². The maximum atomic E-state index is 13.5. The number of halogens is 1. The van der Waals surface area contributed by atoms with Crippen molar-refractivity contribution in [2.45, 2.75) is 69.4 Å². The Hall–Kier alpha value is -6.33. The first-order chi connectivity index (χ1) is 35.3. The van der Waals surface area contributed by atoms with Gasteiger partial charge in [-0.15, -0.1) is 5.06 Å². The monoisotopic (exact) mass is 1140 g/mol. The average Bonchev–Trinajstić information content (AvgIpc) is 3.88. The molecule has 1 heterocycles. The Morgan fingerprint density at radius 2 is 1.10 bits per heavy atom. The van der Waals surface area contributed by atoms with Crippen molar-refractivity contribution in [3.63, 3.8) is 0 Å². The van der Waals surface area contributed by atoms with E-state index in [1.54, 1.807) is 0 Å². The Labute approximate surface area is 435 Å². The van der Waals surface area contributed by atoms with Crippen LogP contribution in [0.1, 0.15) is 68.4 Å². The first-order valence-electron chi connectivity index (χ1n) is 23.8. The van der Waals surface area contributed by atoms with Crippen LogP contribution in [-0.4, -0.2) is 166 Å². The van der Waals surface area contributed by atoms with Crippen LogP contribution in [0.15, 0.2) is 48.5 Å². The van der Waals surface area contributed by atoms with E-state index >= 15 is 0 Å². The topological polar surface area (TPSA) is 340 Å².